The summed E-state index contributed by atoms with van der Waals surface area (Å²) in [7, 11) is 1.92. The van der Waals surface area contributed by atoms with Crippen LogP contribution in [0.4, 0.5) is 0 Å². The van der Waals surface area contributed by atoms with Crippen LogP contribution in [-0.4, -0.2) is 16.6 Å². The van der Waals surface area contributed by atoms with Crippen LogP contribution >= 0.6 is 11.5 Å². The molecule has 0 aliphatic heterocycles. The van der Waals surface area contributed by atoms with Crippen LogP contribution in [0.5, 0.6) is 0 Å². The minimum Gasteiger partial charge on any atom is -0.311 e. The lowest BCUT2D eigenvalue weighted by Crippen LogP contribution is -2.14. The molecule has 0 radical (unpaired) electrons. The number of hydrogen-bond donors (Lipinski definition) is 1. The van der Waals surface area contributed by atoms with Crippen molar-refractivity contribution in [2.24, 2.45) is 0 Å². The lowest BCUT2D eigenvalue weighted by molar-refractivity contribution is 0.621. The molecule has 0 aliphatic rings. The van der Waals surface area contributed by atoms with Crippen molar-refractivity contribution < 1.29 is 0 Å². The van der Waals surface area contributed by atoms with Gasteiger partial charge in [-0.3, -0.25) is 0 Å². The number of rotatable bonds is 3. The van der Waals surface area contributed by atoms with Gasteiger partial charge in [-0.2, -0.15) is 0 Å². The van der Waals surface area contributed by atoms with Gasteiger partial charge in [0, 0.05) is 6.42 Å². The van der Waals surface area contributed by atoms with Crippen LogP contribution in [0.2, 0.25) is 0 Å². The number of aromatic nitrogens is 2. The van der Waals surface area contributed by atoms with E-state index < -0.39 is 0 Å². The van der Waals surface area contributed by atoms with E-state index in [-0.39, 0.29) is 6.04 Å². The Kier molecular flexibility index (Phi) is 3.71. The zero-order chi connectivity index (χ0) is 8.81. The van der Waals surface area contributed by atoms with Gasteiger partial charge >= 0.3 is 0 Å². The van der Waals surface area contributed by atoms with Crippen molar-refractivity contribution in [2.75, 3.05) is 7.05 Å². The maximum atomic E-state index is 3.80. The Morgan fingerprint density at radius 1 is 1.75 bits per heavy atom. The summed E-state index contributed by atoms with van der Waals surface area (Å²) < 4.78 is 3.80. The third kappa shape index (κ3) is 2.29. The SMILES string of the molecule is CC#CCC(NC)c1cnns1. The zero-order valence-electron chi connectivity index (χ0n) is 7.16. The van der Waals surface area contributed by atoms with Crippen molar-refractivity contribution in [3.63, 3.8) is 0 Å². The van der Waals surface area contributed by atoms with Crippen LogP contribution in [0, 0.1) is 11.8 Å². The minimum atomic E-state index is 0.275. The summed E-state index contributed by atoms with van der Waals surface area (Å²) in [6, 6.07) is 0.275. The van der Waals surface area contributed by atoms with Crippen LogP contribution in [-0.2, 0) is 0 Å². The Bertz CT molecular complexity index is 270. The van der Waals surface area contributed by atoms with Gasteiger partial charge in [-0.15, -0.1) is 16.9 Å². The third-order valence-electron chi connectivity index (χ3n) is 1.55. The highest BCUT2D eigenvalue weighted by atomic mass is 32.1. The van der Waals surface area contributed by atoms with Gasteiger partial charge in [0.2, 0.25) is 0 Å². The molecule has 0 saturated heterocycles. The van der Waals surface area contributed by atoms with Crippen molar-refractivity contribution in [2.45, 2.75) is 19.4 Å². The molecule has 0 aromatic carbocycles. The molecule has 12 heavy (non-hydrogen) atoms. The highest BCUT2D eigenvalue weighted by Gasteiger charge is 2.09. The fourth-order valence-corrected chi connectivity index (χ4v) is 1.49. The first-order chi connectivity index (χ1) is 5.88. The van der Waals surface area contributed by atoms with Crippen molar-refractivity contribution >= 4 is 11.5 Å². The van der Waals surface area contributed by atoms with E-state index in [2.05, 4.69) is 26.7 Å². The first-order valence-electron chi connectivity index (χ1n) is 3.72. The molecule has 1 rings (SSSR count). The Hall–Kier alpha value is -0.920. The van der Waals surface area contributed by atoms with Crippen molar-refractivity contribution in [3.8, 4) is 11.8 Å². The molecule has 4 heteroatoms. The van der Waals surface area contributed by atoms with Gasteiger partial charge in [0.15, 0.2) is 0 Å². The van der Waals surface area contributed by atoms with Crippen molar-refractivity contribution in [1.29, 1.82) is 0 Å². The molecule has 3 nitrogen and oxygen atoms in total. The van der Waals surface area contributed by atoms with Crippen LogP contribution < -0.4 is 5.32 Å². The van der Waals surface area contributed by atoms with Crippen molar-refractivity contribution in [1.82, 2.24) is 14.9 Å². The third-order valence-corrected chi connectivity index (χ3v) is 2.33. The van der Waals surface area contributed by atoms with E-state index in [1.807, 2.05) is 14.0 Å². The summed E-state index contributed by atoms with van der Waals surface area (Å²) in [5.74, 6) is 5.89. The van der Waals surface area contributed by atoms with Crippen molar-refractivity contribution in [3.05, 3.63) is 11.1 Å². The second-order valence-corrected chi connectivity index (χ2v) is 3.11. The fourth-order valence-electron chi connectivity index (χ4n) is 0.877. The molecule has 1 atom stereocenters. The normalized spacial score (nSPS) is 11.8. The number of nitrogens with one attached hydrogen (secondary N) is 1. The molecule has 0 fully saturated rings. The van der Waals surface area contributed by atoms with Crippen LogP contribution in [0.15, 0.2) is 6.20 Å². The Morgan fingerprint density at radius 3 is 3.08 bits per heavy atom. The maximum absolute atomic E-state index is 3.80. The van der Waals surface area contributed by atoms with Crippen LogP contribution in [0.1, 0.15) is 24.3 Å². The molecule has 0 spiro atoms. The van der Waals surface area contributed by atoms with Gasteiger partial charge in [-0.25, -0.2) is 0 Å². The topological polar surface area (TPSA) is 37.8 Å². The minimum absolute atomic E-state index is 0.275. The second-order valence-electron chi connectivity index (χ2n) is 2.29. The van der Waals surface area contributed by atoms with E-state index in [1.54, 1.807) is 6.20 Å². The maximum Gasteiger partial charge on any atom is 0.0669 e. The van der Waals surface area contributed by atoms with Gasteiger partial charge < -0.3 is 5.32 Å². The predicted molar refractivity (Wildman–Crippen MR) is 49.8 cm³/mol. The highest BCUT2D eigenvalue weighted by Crippen LogP contribution is 2.17. The largest absolute Gasteiger partial charge is 0.311 e. The molecule has 1 unspecified atom stereocenters. The Morgan fingerprint density at radius 2 is 2.58 bits per heavy atom. The van der Waals surface area contributed by atoms with Gasteiger partial charge in [0.05, 0.1) is 17.1 Å². The van der Waals surface area contributed by atoms with Crippen LogP contribution in [0.3, 0.4) is 0 Å². The summed E-state index contributed by atoms with van der Waals surface area (Å²) in [4.78, 5) is 1.14. The van der Waals surface area contributed by atoms with E-state index in [1.165, 1.54) is 11.5 Å². The molecule has 1 heterocycles. The molecule has 0 saturated carbocycles. The number of hydrogen-bond acceptors (Lipinski definition) is 4. The van der Waals surface area contributed by atoms with E-state index in [9.17, 15) is 0 Å². The molecular weight excluding hydrogens is 170 g/mol. The Balaban J connectivity index is 2.61. The molecule has 64 valence electrons. The molecule has 1 N–H and O–H groups in total. The lowest BCUT2D eigenvalue weighted by atomic mass is 10.2. The first-order valence-corrected chi connectivity index (χ1v) is 4.50. The summed E-state index contributed by atoms with van der Waals surface area (Å²) in [5, 5.41) is 6.95. The highest BCUT2D eigenvalue weighted by molar-refractivity contribution is 7.05. The smallest absolute Gasteiger partial charge is 0.0669 e. The Labute approximate surface area is 76.4 Å². The average Bonchev–Trinajstić information content (AvgIpc) is 2.59. The zero-order valence-corrected chi connectivity index (χ0v) is 7.98. The lowest BCUT2D eigenvalue weighted by Gasteiger charge is -2.08. The molecular formula is C8H11N3S. The summed E-state index contributed by atoms with van der Waals surface area (Å²) >= 11 is 1.41. The molecule has 0 aliphatic carbocycles. The molecule has 1 aromatic heterocycles. The summed E-state index contributed by atoms with van der Waals surface area (Å²) in [6.45, 7) is 1.84. The molecule has 1 aromatic rings. The number of nitrogens with zero attached hydrogens (tertiary/aromatic N) is 2. The van der Waals surface area contributed by atoms with Gasteiger partial charge in [-0.1, -0.05) is 4.49 Å². The van der Waals surface area contributed by atoms with E-state index in [4.69, 9.17) is 0 Å². The van der Waals surface area contributed by atoms with E-state index in [0.717, 1.165) is 11.3 Å². The van der Waals surface area contributed by atoms with Gasteiger partial charge in [0.25, 0.3) is 0 Å². The quantitative estimate of drug-likeness (QED) is 0.712. The fraction of sp³-hybridized carbons (Fsp3) is 0.500. The van der Waals surface area contributed by atoms with E-state index in [0.29, 0.717) is 0 Å². The standard InChI is InChI=1S/C8H11N3S/c1-3-4-5-7(9-2)8-6-10-11-12-8/h6-7,9H,5H2,1-2H3. The average molecular weight is 181 g/mol. The molecule has 0 bridgehead atoms. The molecule has 0 amide bonds. The second kappa shape index (κ2) is 4.86. The van der Waals surface area contributed by atoms with E-state index >= 15 is 0 Å². The first kappa shape index (κ1) is 9.17. The van der Waals surface area contributed by atoms with Gasteiger partial charge in [-0.05, 0) is 25.5 Å². The summed E-state index contributed by atoms with van der Waals surface area (Å²) in [6.07, 6.45) is 2.60. The summed E-state index contributed by atoms with van der Waals surface area (Å²) in [5.41, 5.74) is 0. The van der Waals surface area contributed by atoms with Gasteiger partial charge in [0.1, 0.15) is 0 Å². The monoisotopic (exact) mass is 181 g/mol. The predicted octanol–water partition coefficient (Wildman–Crippen LogP) is 1.21. The van der Waals surface area contributed by atoms with Crippen LogP contribution in [0.25, 0.3) is 0 Å².